The molecule has 0 unspecified atom stereocenters. The summed E-state index contributed by atoms with van der Waals surface area (Å²) < 4.78 is 5.89. The first-order valence-corrected chi connectivity index (χ1v) is 10.0. The Hall–Kier alpha value is -2.28. The molecule has 0 radical (unpaired) electrons. The standard InChI is InChI=1S/C20H32N6O/c1-3-25(4-2)14-15-27-17-10-8-16(9-11-17)26-19(22)23-18(21)24-20(26)12-6-5-7-13-20/h8-11H,3-7,12-15H2,1-2H3,(H4,21,22,23,24). The van der Waals surface area contributed by atoms with E-state index in [-0.39, 0.29) is 5.96 Å². The number of ether oxygens (including phenoxy) is 1. The van der Waals surface area contributed by atoms with E-state index in [0.717, 1.165) is 56.8 Å². The van der Waals surface area contributed by atoms with E-state index in [1.165, 1.54) is 6.42 Å². The number of likely N-dealkylation sites (N-methyl/N-ethyl adjacent to an activating group) is 1. The van der Waals surface area contributed by atoms with Gasteiger partial charge in [-0.2, -0.15) is 4.99 Å². The zero-order chi connectivity index (χ0) is 19.3. The molecule has 1 saturated carbocycles. The summed E-state index contributed by atoms with van der Waals surface area (Å²) >= 11 is 0. The summed E-state index contributed by atoms with van der Waals surface area (Å²) in [5.41, 5.74) is 12.8. The lowest BCUT2D eigenvalue weighted by molar-refractivity contribution is 0.223. The maximum absolute atomic E-state index is 6.27. The highest BCUT2D eigenvalue weighted by Crippen LogP contribution is 2.39. The minimum Gasteiger partial charge on any atom is -0.492 e. The van der Waals surface area contributed by atoms with Gasteiger partial charge in [-0.1, -0.05) is 20.3 Å². The van der Waals surface area contributed by atoms with Crippen LogP contribution in [0, 0.1) is 0 Å². The van der Waals surface area contributed by atoms with Gasteiger partial charge in [0.05, 0.1) is 0 Å². The third kappa shape index (κ3) is 4.35. The molecular weight excluding hydrogens is 340 g/mol. The highest BCUT2D eigenvalue weighted by molar-refractivity contribution is 6.05. The van der Waals surface area contributed by atoms with Gasteiger partial charge in [-0.3, -0.25) is 4.90 Å². The van der Waals surface area contributed by atoms with Gasteiger partial charge in [0, 0.05) is 12.2 Å². The largest absolute Gasteiger partial charge is 0.492 e. The van der Waals surface area contributed by atoms with Crippen molar-refractivity contribution in [2.75, 3.05) is 31.1 Å². The van der Waals surface area contributed by atoms with Gasteiger partial charge >= 0.3 is 0 Å². The SMILES string of the molecule is CCN(CC)CCOc1ccc(N2C(N)=NC(N)=NC23CCCCC3)cc1. The minimum atomic E-state index is -0.403. The van der Waals surface area contributed by atoms with Gasteiger partial charge in [-0.15, -0.1) is 0 Å². The Bertz CT molecular complexity index is 674. The van der Waals surface area contributed by atoms with Crippen molar-refractivity contribution in [2.45, 2.75) is 51.6 Å². The monoisotopic (exact) mass is 372 g/mol. The van der Waals surface area contributed by atoms with E-state index >= 15 is 0 Å². The Morgan fingerprint density at radius 2 is 1.74 bits per heavy atom. The second-order valence-corrected chi connectivity index (χ2v) is 7.19. The van der Waals surface area contributed by atoms with Gasteiger partial charge in [0.25, 0.3) is 0 Å². The number of anilines is 1. The molecule has 1 aromatic rings. The molecule has 0 saturated heterocycles. The molecule has 7 nitrogen and oxygen atoms in total. The summed E-state index contributed by atoms with van der Waals surface area (Å²) in [6.07, 6.45) is 5.33. The first-order valence-electron chi connectivity index (χ1n) is 10.0. The summed E-state index contributed by atoms with van der Waals surface area (Å²) in [5.74, 6) is 1.56. The van der Waals surface area contributed by atoms with Crippen LogP contribution >= 0.6 is 0 Å². The molecule has 1 heterocycles. The Kier molecular flexibility index (Phi) is 6.21. The fourth-order valence-electron chi connectivity index (χ4n) is 4.02. The lowest BCUT2D eigenvalue weighted by atomic mass is 9.87. The third-order valence-electron chi connectivity index (χ3n) is 5.52. The molecule has 2 aliphatic rings. The molecule has 1 aliphatic carbocycles. The predicted octanol–water partition coefficient (Wildman–Crippen LogP) is 2.52. The molecule has 27 heavy (non-hydrogen) atoms. The van der Waals surface area contributed by atoms with Crippen LogP contribution in [0.4, 0.5) is 5.69 Å². The molecule has 0 amide bonds. The van der Waals surface area contributed by atoms with Crippen LogP contribution in [0.5, 0.6) is 5.75 Å². The van der Waals surface area contributed by atoms with Crippen LogP contribution in [-0.2, 0) is 0 Å². The van der Waals surface area contributed by atoms with Gasteiger partial charge in [-0.25, -0.2) is 4.99 Å². The van der Waals surface area contributed by atoms with Crippen LogP contribution in [-0.4, -0.2) is 48.7 Å². The number of rotatable bonds is 7. The maximum Gasteiger partial charge on any atom is 0.220 e. The van der Waals surface area contributed by atoms with Crippen LogP contribution in [0.25, 0.3) is 0 Å². The first kappa shape index (κ1) is 19.5. The number of hydrogen-bond donors (Lipinski definition) is 2. The first-order chi connectivity index (χ1) is 13.1. The lowest BCUT2D eigenvalue weighted by Gasteiger charge is -2.45. The smallest absolute Gasteiger partial charge is 0.220 e. The molecule has 1 fully saturated rings. The van der Waals surface area contributed by atoms with Crippen molar-refractivity contribution >= 4 is 17.6 Å². The summed E-state index contributed by atoms with van der Waals surface area (Å²) in [4.78, 5) is 13.3. The Morgan fingerprint density at radius 3 is 2.37 bits per heavy atom. The van der Waals surface area contributed by atoms with Gasteiger partial charge in [-0.05, 0) is 63.0 Å². The quantitative estimate of drug-likeness (QED) is 0.767. The van der Waals surface area contributed by atoms with E-state index in [1.807, 2.05) is 29.2 Å². The van der Waals surface area contributed by atoms with Gasteiger partial charge < -0.3 is 21.1 Å². The van der Waals surface area contributed by atoms with Crippen LogP contribution in [0.1, 0.15) is 46.0 Å². The van der Waals surface area contributed by atoms with E-state index in [0.29, 0.717) is 12.6 Å². The van der Waals surface area contributed by atoms with E-state index in [4.69, 9.17) is 21.2 Å². The highest BCUT2D eigenvalue weighted by Gasteiger charge is 2.42. The zero-order valence-electron chi connectivity index (χ0n) is 16.5. The average Bonchev–Trinajstić information content (AvgIpc) is 2.66. The molecule has 0 aromatic heterocycles. The molecule has 0 atom stereocenters. The van der Waals surface area contributed by atoms with E-state index in [9.17, 15) is 0 Å². The summed E-state index contributed by atoms with van der Waals surface area (Å²) in [5, 5.41) is 0. The molecule has 148 valence electrons. The molecule has 7 heteroatoms. The summed E-state index contributed by atoms with van der Waals surface area (Å²) in [7, 11) is 0. The number of benzene rings is 1. The number of nitrogens with zero attached hydrogens (tertiary/aromatic N) is 4. The van der Waals surface area contributed by atoms with Crippen LogP contribution in [0.3, 0.4) is 0 Å². The topological polar surface area (TPSA) is 92.5 Å². The van der Waals surface area contributed by atoms with Crippen LogP contribution < -0.4 is 21.1 Å². The fraction of sp³-hybridized carbons (Fsp3) is 0.600. The summed E-state index contributed by atoms with van der Waals surface area (Å²) in [6.45, 7) is 8.02. The molecular formula is C20H32N6O. The number of guanidine groups is 2. The Morgan fingerprint density at radius 1 is 1.07 bits per heavy atom. The Balaban J connectivity index is 1.72. The minimum absolute atomic E-state index is 0.280. The molecule has 3 rings (SSSR count). The van der Waals surface area contributed by atoms with E-state index in [1.54, 1.807) is 0 Å². The number of hydrogen-bond acceptors (Lipinski definition) is 7. The normalized spacial score (nSPS) is 19.1. The second kappa shape index (κ2) is 8.61. The van der Waals surface area contributed by atoms with Crippen molar-refractivity contribution in [3.63, 3.8) is 0 Å². The van der Waals surface area contributed by atoms with Crippen molar-refractivity contribution in [1.29, 1.82) is 0 Å². The van der Waals surface area contributed by atoms with Gasteiger partial charge in [0.1, 0.15) is 18.0 Å². The molecule has 1 spiro atoms. The average molecular weight is 373 g/mol. The van der Waals surface area contributed by atoms with E-state index in [2.05, 4.69) is 23.7 Å². The second-order valence-electron chi connectivity index (χ2n) is 7.19. The van der Waals surface area contributed by atoms with Crippen molar-refractivity contribution < 1.29 is 4.74 Å². The lowest BCUT2D eigenvalue weighted by Crippen LogP contribution is -2.58. The fourth-order valence-corrected chi connectivity index (χ4v) is 4.02. The van der Waals surface area contributed by atoms with Crippen molar-refractivity contribution in [2.24, 2.45) is 21.5 Å². The van der Waals surface area contributed by atoms with Crippen molar-refractivity contribution in [3.8, 4) is 5.75 Å². The molecule has 1 aromatic carbocycles. The van der Waals surface area contributed by atoms with E-state index < -0.39 is 5.66 Å². The van der Waals surface area contributed by atoms with Crippen molar-refractivity contribution in [1.82, 2.24) is 4.90 Å². The summed E-state index contributed by atoms with van der Waals surface area (Å²) in [6, 6.07) is 8.04. The maximum atomic E-state index is 6.27. The third-order valence-corrected chi connectivity index (χ3v) is 5.52. The van der Waals surface area contributed by atoms with Gasteiger partial charge in [0.2, 0.25) is 11.9 Å². The van der Waals surface area contributed by atoms with Gasteiger partial charge in [0.15, 0.2) is 0 Å². The predicted molar refractivity (Wildman–Crippen MR) is 111 cm³/mol. The molecule has 1 aliphatic heterocycles. The highest BCUT2D eigenvalue weighted by atomic mass is 16.5. The van der Waals surface area contributed by atoms with Crippen LogP contribution in [0.15, 0.2) is 34.3 Å². The zero-order valence-corrected chi connectivity index (χ0v) is 16.5. The molecule has 4 N–H and O–H groups in total. The Labute approximate surface area is 162 Å². The van der Waals surface area contributed by atoms with Crippen LogP contribution in [0.2, 0.25) is 0 Å². The van der Waals surface area contributed by atoms with Crippen molar-refractivity contribution in [3.05, 3.63) is 24.3 Å². The molecule has 0 bridgehead atoms. The number of aliphatic imine (C=N–C) groups is 2. The number of nitrogens with two attached hydrogens (primary N) is 2.